The van der Waals surface area contributed by atoms with Crippen LogP contribution in [0.15, 0.2) is 36.9 Å². The molecular weight excluding hydrogens is 328 g/mol. The Morgan fingerprint density at radius 2 is 1.56 bits per heavy atom. The van der Waals surface area contributed by atoms with Gasteiger partial charge in [0.05, 0.1) is 0 Å². The summed E-state index contributed by atoms with van der Waals surface area (Å²) in [5.41, 5.74) is 2.18. The molecular formula is C26H38O. The van der Waals surface area contributed by atoms with Gasteiger partial charge in [0.15, 0.2) is 5.78 Å². The van der Waals surface area contributed by atoms with Gasteiger partial charge in [0.2, 0.25) is 0 Å². The van der Waals surface area contributed by atoms with E-state index in [0.29, 0.717) is 5.92 Å². The zero-order chi connectivity index (χ0) is 19.2. The molecule has 27 heavy (non-hydrogen) atoms. The first-order valence-electron chi connectivity index (χ1n) is 11.4. The van der Waals surface area contributed by atoms with E-state index in [0.717, 1.165) is 29.2 Å². The van der Waals surface area contributed by atoms with E-state index in [4.69, 9.17) is 0 Å². The molecule has 0 saturated heterocycles. The molecule has 2 saturated carbocycles. The molecule has 0 bridgehead atoms. The van der Waals surface area contributed by atoms with E-state index in [1.54, 1.807) is 0 Å². The lowest BCUT2D eigenvalue weighted by Crippen LogP contribution is -2.28. The molecule has 148 valence electrons. The Hall–Kier alpha value is -1.37. The fourth-order valence-corrected chi connectivity index (χ4v) is 5.81. The van der Waals surface area contributed by atoms with Crippen molar-refractivity contribution >= 4 is 5.78 Å². The lowest BCUT2D eigenvalue weighted by atomic mass is 9.66. The highest BCUT2D eigenvalue weighted by atomic mass is 16.1. The number of hydrogen-bond donors (Lipinski definition) is 0. The molecule has 0 spiro atoms. The zero-order valence-electron chi connectivity index (χ0n) is 17.5. The lowest BCUT2D eigenvalue weighted by Gasteiger charge is -2.39. The molecule has 2 fully saturated rings. The van der Waals surface area contributed by atoms with Crippen LogP contribution in [0.1, 0.15) is 99.9 Å². The SMILES string of the molecule is C=CC(=O)c1ccc(C2CCC(C(C)C3CCC(CCC)CC3)CC2)cc1. The Morgan fingerprint density at radius 3 is 2.07 bits per heavy atom. The predicted octanol–water partition coefficient (Wildman–Crippen LogP) is 7.57. The fraction of sp³-hybridized carbons (Fsp3) is 0.654. The first-order chi connectivity index (χ1) is 13.1. The maximum absolute atomic E-state index is 11.7. The predicted molar refractivity (Wildman–Crippen MR) is 115 cm³/mol. The second-order valence-corrected chi connectivity index (χ2v) is 9.23. The number of benzene rings is 1. The van der Waals surface area contributed by atoms with Crippen molar-refractivity contribution in [3.8, 4) is 0 Å². The number of rotatable bonds is 7. The van der Waals surface area contributed by atoms with Gasteiger partial charge in [-0.2, -0.15) is 0 Å². The minimum Gasteiger partial charge on any atom is -0.289 e. The molecule has 1 heteroatoms. The summed E-state index contributed by atoms with van der Waals surface area (Å²) in [6.45, 7) is 8.45. The molecule has 1 atom stereocenters. The van der Waals surface area contributed by atoms with E-state index in [9.17, 15) is 4.79 Å². The van der Waals surface area contributed by atoms with Gasteiger partial charge in [-0.15, -0.1) is 0 Å². The van der Waals surface area contributed by atoms with Gasteiger partial charge >= 0.3 is 0 Å². The van der Waals surface area contributed by atoms with Crippen LogP contribution >= 0.6 is 0 Å². The molecule has 3 rings (SSSR count). The standard InChI is InChI=1S/C26H38O/c1-4-6-20-7-9-21(10-8-20)19(3)22-11-13-23(14-12-22)24-15-17-25(18-16-24)26(27)5-2/h5,15-23H,2,4,6-14H2,1,3H3. The second kappa shape index (κ2) is 9.71. The van der Waals surface area contributed by atoms with Gasteiger partial charge in [0.1, 0.15) is 0 Å². The first kappa shape index (κ1) is 20.4. The summed E-state index contributed by atoms with van der Waals surface area (Å²) in [5.74, 6) is 4.53. The minimum absolute atomic E-state index is 0.0211. The van der Waals surface area contributed by atoms with Crippen molar-refractivity contribution < 1.29 is 4.79 Å². The highest BCUT2D eigenvalue weighted by Crippen LogP contribution is 2.44. The minimum atomic E-state index is 0.0211. The summed E-state index contributed by atoms with van der Waals surface area (Å²) in [6.07, 6.45) is 15.5. The molecule has 0 amide bonds. The average Bonchev–Trinajstić information content (AvgIpc) is 2.74. The molecule has 0 aliphatic heterocycles. The van der Waals surface area contributed by atoms with Gasteiger partial charge in [-0.1, -0.05) is 70.4 Å². The summed E-state index contributed by atoms with van der Waals surface area (Å²) < 4.78 is 0. The summed E-state index contributed by atoms with van der Waals surface area (Å²) in [4.78, 5) is 11.7. The maximum atomic E-state index is 11.7. The van der Waals surface area contributed by atoms with Crippen molar-refractivity contribution in [2.45, 2.75) is 84.0 Å². The molecule has 0 heterocycles. The number of hydrogen-bond acceptors (Lipinski definition) is 1. The third-order valence-electron chi connectivity index (χ3n) is 7.70. The Labute approximate surface area is 166 Å². The smallest absolute Gasteiger partial charge is 0.185 e. The number of ketones is 1. The van der Waals surface area contributed by atoms with E-state index in [1.165, 1.54) is 75.8 Å². The Kier molecular flexibility index (Phi) is 7.33. The normalized spacial score (nSPS) is 29.9. The van der Waals surface area contributed by atoms with Crippen LogP contribution in [0.4, 0.5) is 0 Å². The molecule has 0 radical (unpaired) electrons. The van der Waals surface area contributed by atoms with Crippen LogP contribution in [-0.2, 0) is 0 Å². The van der Waals surface area contributed by atoms with Crippen molar-refractivity contribution in [2.75, 3.05) is 0 Å². The average molecular weight is 367 g/mol. The van der Waals surface area contributed by atoms with Crippen LogP contribution in [0.5, 0.6) is 0 Å². The lowest BCUT2D eigenvalue weighted by molar-refractivity contribution is 0.104. The molecule has 1 nitrogen and oxygen atoms in total. The molecule has 1 aromatic carbocycles. The Morgan fingerprint density at radius 1 is 1.00 bits per heavy atom. The quantitative estimate of drug-likeness (QED) is 0.359. The molecule has 0 aromatic heterocycles. The van der Waals surface area contributed by atoms with Crippen LogP contribution in [0.3, 0.4) is 0 Å². The van der Waals surface area contributed by atoms with Gasteiger partial charge in [0, 0.05) is 5.56 Å². The highest BCUT2D eigenvalue weighted by Gasteiger charge is 2.32. The molecule has 2 aliphatic carbocycles. The summed E-state index contributed by atoms with van der Waals surface area (Å²) in [7, 11) is 0. The van der Waals surface area contributed by atoms with Crippen molar-refractivity contribution in [3.63, 3.8) is 0 Å². The second-order valence-electron chi connectivity index (χ2n) is 9.23. The van der Waals surface area contributed by atoms with E-state index < -0.39 is 0 Å². The van der Waals surface area contributed by atoms with Gasteiger partial charge < -0.3 is 0 Å². The number of carbonyl (C=O) groups excluding carboxylic acids is 1. The maximum Gasteiger partial charge on any atom is 0.185 e. The van der Waals surface area contributed by atoms with E-state index >= 15 is 0 Å². The van der Waals surface area contributed by atoms with E-state index in [-0.39, 0.29) is 5.78 Å². The van der Waals surface area contributed by atoms with Crippen LogP contribution in [0.25, 0.3) is 0 Å². The van der Waals surface area contributed by atoms with Crippen molar-refractivity contribution in [3.05, 3.63) is 48.0 Å². The number of carbonyl (C=O) groups is 1. The summed E-state index contributed by atoms with van der Waals surface area (Å²) in [5, 5.41) is 0. The zero-order valence-corrected chi connectivity index (χ0v) is 17.5. The molecule has 0 N–H and O–H groups in total. The molecule has 1 unspecified atom stereocenters. The van der Waals surface area contributed by atoms with Crippen LogP contribution < -0.4 is 0 Å². The van der Waals surface area contributed by atoms with Gasteiger partial charge in [0.25, 0.3) is 0 Å². The van der Waals surface area contributed by atoms with Crippen molar-refractivity contribution in [1.82, 2.24) is 0 Å². The van der Waals surface area contributed by atoms with E-state index in [1.807, 2.05) is 12.1 Å². The Balaban J connectivity index is 1.48. The summed E-state index contributed by atoms with van der Waals surface area (Å²) >= 11 is 0. The first-order valence-corrected chi connectivity index (χ1v) is 11.4. The largest absolute Gasteiger partial charge is 0.289 e. The monoisotopic (exact) mass is 366 g/mol. The fourth-order valence-electron chi connectivity index (χ4n) is 5.81. The van der Waals surface area contributed by atoms with Gasteiger partial charge in [-0.05, 0) is 79.8 Å². The highest BCUT2D eigenvalue weighted by molar-refractivity contribution is 6.04. The van der Waals surface area contributed by atoms with Crippen molar-refractivity contribution in [1.29, 1.82) is 0 Å². The van der Waals surface area contributed by atoms with Crippen LogP contribution in [0.2, 0.25) is 0 Å². The van der Waals surface area contributed by atoms with Crippen molar-refractivity contribution in [2.24, 2.45) is 23.7 Å². The number of allylic oxidation sites excluding steroid dienone is 1. The topological polar surface area (TPSA) is 17.1 Å². The Bertz CT molecular complexity index is 598. The van der Waals surface area contributed by atoms with Gasteiger partial charge in [-0.3, -0.25) is 4.79 Å². The molecule has 1 aromatic rings. The van der Waals surface area contributed by atoms with E-state index in [2.05, 4.69) is 32.6 Å². The molecule has 2 aliphatic rings. The third kappa shape index (κ3) is 5.12. The third-order valence-corrected chi connectivity index (χ3v) is 7.70. The van der Waals surface area contributed by atoms with Crippen LogP contribution in [0, 0.1) is 23.7 Å². The summed E-state index contributed by atoms with van der Waals surface area (Å²) in [6, 6.07) is 8.28. The van der Waals surface area contributed by atoms with Gasteiger partial charge in [-0.25, -0.2) is 0 Å². The van der Waals surface area contributed by atoms with Crippen LogP contribution in [-0.4, -0.2) is 5.78 Å².